The van der Waals surface area contributed by atoms with E-state index < -0.39 is 23.8 Å². The zero-order chi connectivity index (χ0) is 9.59. The fourth-order valence-electron chi connectivity index (χ4n) is 2.46. The molecule has 4 nitrogen and oxygen atoms in total. The maximum atomic E-state index is 10.7. The second kappa shape index (κ2) is 2.58. The molecule has 70 valence electrons. The summed E-state index contributed by atoms with van der Waals surface area (Å²) < 4.78 is 0. The van der Waals surface area contributed by atoms with Crippen molar-refractivity contribution in [1.82, 2.24) is 0 Å². The summed E-state index contributed by atoms with van der Waals surface area (Å²) in [6.45, 7) is 0. The van der Waals surface area contributed by atoms with Gasteiger partial charge in [0.1, 0.15) is 0 Å². The molecule has 0 aliphatic heterocycles. The lowest BCUT2D eigenvalue weighted by molar-refractivity contribution is -0.327. The van der Waals surface area contributed by atoms with Crippen LogP contribution in [0.2, 0.25) is 0 Å². The predicted octanol–water partition coefficient (Wildman–Crippen LogP) is -2.08. The molecule has 0 saturated heterocycles. The number of carboxylic acids is 2. The van der Waals surface area contributed by atoms with Gasteiger partial charge in [0.25, 0.3) is 0 Å². The monoisotopic (exact) mass is 180 g/mol. The number of carbonyl (C=O) groups is 2. The fourth-order valence-corrected chi connectivity index (χ4v) is 2.46. The summed E-state index contributed by atoms with van der Waals surface area (Å²) in [6.07, 6.45) is 4.15. The normalized spacial score (nSPS) is 40.9. The molecule has 2 aliphatic carbocycles. The Hall–Kier alpha value is -1.32. The molecule has 0 aromatic rings. The van der Waals surface area contributed by atoms with Gasteiger partial charge in [-0.25, -0.2) is 0 Å². The number of hydrogen-bond donors (Lipinski definition) is 0. The van der Waals surface area contributed by atoms with Crippen LogP contribution < -0.4 is 10.2 Å². The van der Waals surface area contributed by atoms with Crippen LogP contribution in [0, 0.1) is 23.7 Å². The number of carboxylic acid groups (broad SMARTS) is 2. The van der Waals surface area contributed by atoms with Gasteiger partial charge in [0.2, 0.25) is 0 Å². The average molecular weight is 180 g/mol. The van der Waals surface area contributed by atoms with Crippen molar-refractivity contribution in [2.24, 2.45) is 23.7 Å². The highest BCUT2D eigenvalue weighted by Crippen LogP contribution is 2.47. The minimum absolute atomic E-state index is 0.169. The first-order valence-corrected chi connectivity index (χ1v) is 4.21. The second-order valence-electron chi connectivity index (χ2n) is 3.64. The van der Waals surface area contributed by atoms with Gasteiger partial charge in [-0.05, 0) is 18.3 Å². The Labute approximate surface area is 74.9 Å². The van der Waals surface area contributed by atoms with Crippen molar-refractivity contribution >= 4 is 11.9 Å². The van der Waals surface area contributed by atoms with E-state index in [2.05, 4.69) is 0 Å². The molecule has 4 atom stereocenters. The SMILES string of the molecule is O=C([O-])[C@@H]1[C@H](C(=O)[O-])[C@H]2C=C[C@@H]1C2. The summed E-state index contributed by atoms with van der Waals surface area (Å²) in [4.78, 5) is 21.3. The van der Waals surface area contributed by atoms with Crippen molar-refractivity contribution in [1.29, 1.82) is 0 Å². The Morgan fingerprint density at radius 3 is 1.69 bits per heavy atom. The molecular weight excluding hydrogens is 172 g/mol. The molecule has 1 saturated carbocycles. The Morgan fingerprint density at radius 1 is 1.00 bits per heavy atom. The van der Waals surface area contributed by atoms with Gasteiger partial charge in [0.15, 0.2) is 0 Å². The molecule has 0 spiro atoms. The molecule has 0 aromatic carbocycles. The molecular formula is C9H8O4-2. The Kier molecular flexibility index (Phi) is 1.65. The van der Waals surface area contributed by atoms with Crippen LogP contribution >= 0.6 is 0 Å². The van der Waals surface area contributed by atoms with E-state index in [0.717, 1.165) is 0 Å². The number of hydrogen-bond acceptors (Lipinski definition) is 4. The van der Waals surface area contributed by atoms with Gasteiger partial charge in [0.05, 0.1) is 0 Å². The standard InChI is InChI=1S/C9H10O4/c10-8(11)6-4-1-2-5(3-4)7(6)9(12)13/h1-2,4-7H,3H2,(H,10,11)(H,12,13)/p-2/t4-,5+,6+,7-. The van der Waals surface area contributed by atoms with E-state index in [1.165, 1.54) is 0 Å². The van der Waals surface area contributed by atoms with Crippen molar-refractivity contribution in [3.63, 3.8) is 0 Å². The second-order valence-corrected chi connectivity index (χ2v) is 3.64. The maximum Gasteiger partial charge on any atom is 0.0457 e. The van der Waals surface area contributed by atoms with E-state index >= 15 is 0 Å². The molecule has 0 N–H and O–H groups in total. The topological polar surface area (TPSA) is 80.3 Å². The van der Waals surface area contributed by atoms with E-state index in [0.29, 0.717) is 6.42 Å². The van der Waals surface area contributed by atoms with Gasteiger partial charge >= 0.3 is 0 Å². The minimum Gasteiger partial charge on any atom is -0.550 e. The molecule has 0 aromatic heterocycles. The highest BCUT2D eigenvalue weighted by molar-refractivity contribution is 5.80. The number of rotatable bonds is 2. The van der Waals surface area contributed by atoms with Gasteiger partial charge in [0, 0.05) is 23.8 Å². The van der Waals surface area contributed by atoms with Gasteiger partial charge in [-0.2, -0.15) is 0 Å². The lowest BCUT2D eigenvalue weighted by Gasteiger charge is -2.29. The highest BCUT2D eigenvalue weighted by atomic mass is 16.4. The smallest absolute Gasteiger partial charge is 0.0457 e. The summed E-state index contributed by atoms with van der Waals surface area (Å²) in [6, 6.07) is 0. The molecule has 1 fully saturated rings. The van der Waals surface area contributed by atoms with Gasteiger partial charge in [-0.1, -0.05) is 12.2 Å². The van der Waals surface area contributed by atoms with Gasteiger partial charge in [-0.15, -0.1) is 0 Å². The van der Waals surface area contributed by atoms with Crippen molar-refractivity contribution < 1.29 is 19.8 Å². The van der Waals surface area contributed by atoms with Crippen LogP contribution in [-0.2, 0) is 9.59 Å². The minimum atomic E-state index is -1.27. The lowest BCUT2D eigenvalue weighted by Crippen LogP contribution is -2.45. The summed E-state index contributed by atoms with van der Waals surface area (Å²) in [5, 5.41) is 21.3. The third kappa shape index (κ3) is 1.05. The molecule has 0 unspecified atom stereocenters. The number of fused-ring (bicyclic) bond motifs is 2. The molecule has 0 heterocycles. The molecule has 0 radical (unpaired) electrons. The maximum absolute atomic E-state index is 10.7. The lowest BCUT2D eigenvalue weighted by atomic mass is 9.83. The van der Waals surface area contributed by atoms with Crippen LogP contribution in [-0.4, -0.2) is 11.9 Å². The third-order valence-corrected chi connectivity index (χ3v) is 3.00. The highest BCUT2D eigenvalue weighted by Gasteiger charge is 2.45. The van der Waals surface area contributed by atoms with Crippen LogP contribution in [0.4, 0.5) is 0 Å². The van der Waals surface area contributed by atoms with Crippen LogP contribution in [0.3, 0.4) is 0 Å². The molecule has 2 aliphatic rings. The predicted molar refractivity (Wildman–Crippen MR) is 37.7 cm³/mol. The number of aliphatic carboxylic acids is 2. The van der Waals surface area contributed by atoms with Crippen molar-refractivity contribution in [3.8, 4) is 0 Å². The van der Waals surface area contributed by atoms with E-state index in [1.807, 2.05) is 0 Å². The van der Waals surface area contributed by atoms with Gasteiger partial charge < -0.3 is 19.8 Å². The summed E-state index contributed by atoms with van der Waals surface area (Å²) in [5.41, 5.74) is 0. The summed E-state index contributed by atoms with van der Waals surface area (Å²) >= 11 is 0. The van der Waals surface area contributed by atoms with Crippen molar-refractivity contribution in [2.45, 2.75) is 6.42 Å². The zero-order valence-electron chi connectivity index (χ0n) is 6.80. The van der Waals surface area contributed by atoms with Crippen LogP contribution in [0.5, 0.6) is 0 Å². The largest absolute Gasteiger partial charge is 0.550 e. The van der Waals surface area contributed by atoms with Gasteiger partial charge in [-0.3, -0.25) is 0 Å². The third-order valence-electron chi connectivity index (χ3n) is 3.00. The first-order chi connectivity index (χ1) is 6.11. The summed E-state index contributed by atoms with van der Waals surface area (Å²) in [7, 11) is 0. The first-order valence-electron chi connectivity index (χ1n) is 4.21. The quantitative estimate of drug-likeness (QED) is 0.457. The molecule has 13 heavy (non-hydrogen) atoms. The van der Waals surface area contributed by atoms with Crippen LogP contribution in [0.25, 0.3) is 0 Å². The van der Waals surface area contributed by atoms with E-state index in [1.54, 1.807) is 12.2 Å². The van der Waals surface area contributed by atoms with E-state index in [9.17, 15) is 19.8 Å². The number of carbonyl (C=O) groups excluding carboxylic acids is 2. The summed E-state index contributed by atoms with van der Waals surface area (Å²) in [5.74, 6) is -4.66. The fraction of sp³-hybridized carbons (Fsp3) is 0.556. The Balaban J connectivity index is 2.30. The zero-order valence-corrected chi connectivity index (χ0v) is 6.80. The molecule has 0 amide bonds. The average Bonchev–Trinajstić information content (AvgIpc) is 2.60. The Bertz CT molecular complexity index is 266. The molecule has 2 bridgehead atoms. The Morgan fingerprint density at radius 2 is 1.38 bits per heavy atom. The first kappa shape index (κ1) is 8.29. The van der Waals surface area contributed by atoms with Crippen LogP contribution in [0.1, 0.15) is 6.42 Å². The van der Waals surface area contributed by atoms with E-state index in [4.69, 9.17) is 0 Å². The van der Waals surface area contributed by atoms with Crippen molar-refractivity contribution in [3.05, 3.63) is 12.2 Å². The molecule has 2 rings (SSSR count). The molecule has 4 heteroatoms. The number of allylic oxidation sites excluding steroid dienone is 2. The van der Waals surface area contributed by atoms with E-state index in [-0.39, 0.29) is 11.8 Å². The van der Waals surface area contributed by atoms with Crippen LogP contribution in [0.15, 0.2) is 12.2 Å². The van der Waals surface area contributed by atoms with Crippen molar-refractivity contribution in [2.75, 3.05) is 0 Å².